The molecule has 1 aromatic carbocycles. The summed E-state index contributed by atoms with van der Waals surface area (Å²) in [6.07, 6.45) is 7.73. The Kier molecular flexibility index (Phi) is 3.42. The first-order valence-electron chi connectivity index (χ1n) is 7.77. The van der Waals surface area contributed by atoms with Crippen molar-refractivity contribution in [2.24, 2.45) is 0 Å². The Morgan fingerprint density at radius 3 is 3.05 bits per heavy atom. The monoisotopic (exact) mass is 297 g/mol. The van der Waals surface area contributed by atoms with E-state index >= 15 is 0 Å². The van der Waals surface area contributed by atoms with Crippen LogP contribution in [0.5, 0.6) is 0 Å². The Hall–Kier alpha value is -2.14. The average molecular weight is 297 g/mol. The van der Waals surface area contributed by atoms with Gasteiger partial charge in [-0.3, -0.25) is 4.79 Å². The first-order valence-corrected chi connectivity index (χ1v) is 7.77. The molecular weight excluding hydrogens is 278 g/mol. The number of hydrogen-bond acceptors (Lipinski definition) is 3. The molecule has 0 saturated carbocycles. The van der Waals surface area contributed by atoms with Crippen LogP contribution in [0.15, 0.2) is 36.9 Å². The highest BCUT2D eigenvalue weighted by atomic mass is 16.5. The largest absolute Gasteiger partial charge is 0.372 e. The summed E-state index contributed by atoms with van der Waals surface area (Å²) in [6.45, 7) is 2.87. The van der Waals surface area contributed by atoms with Crippen LogP contribution < -0.4 is 0 Å². The van der Waals surface area contributed by atoms with Crippen LogP contribution in [0.1, 0.15) is 40.4 Å². The van der Waals surface area contributed by atoms with Crippen molar-refractivity contribution in [3.8, 4) is 0 Å². The van der Waals surface area contributed by atoms with Gasteiger partial charge in [-0.2, -0.15) is 0 Å². The number of likely N-dealkylation sites (tertiary alicyclic amines) is 1. The molecule has 22 heavy (non-hydrogen) atoms. The predicted octanol–water partition coefficient (Wildman–Crippen LogP) is 2.39. The van der Waals surface area contributed by atoms with Gasteiger partial charge in [-0.15, -0.1) is 0 Å². The number of imidazole rings is 1. The van der Waals surface area contributed by atoms with Crippen LogP contribution in [0.2, 0.25) is 0 Å². The summed E-state index contributed by atoms with van der Waals surface area (Å²) in [7, 11) is 0. The molecule has 0 bridgehead atoms. The molecule has 1 saturated heterocycles. The Balaban J connectivity index is 1.52. The lowest BCUT2D eigenvalue weighted by Crippen LogP contribution is -2.40. The van der Waals surface area contributed by atoms with Gasteiger partial charge in [0.1, 0.15) is 0 Å². The molecule has 1 aromatic heterocycles. The van der Waals surface area contributed by atoms with E-state index in [0.717, 1.165) is 37.1 Å². The molecule has 0 unspecified atom stereocenters. The third-order valence-electron chi connectivity index (χ3n) is 4.60. The van der Waals surface area contributed by atoms with E-state index in [1.807, 2.05) is 35.6 Å². The van der Waals surface area contributed by atoms with Gasteiger partial charge in [0.2, 0.25) is 0 Å². The highest BCUT2D eigenvalue weighted by Crippen LogP contribution is 2.25. The van der Waals surface area contributed by atoms with E-state index in [1.54, 1.807) is 6.20 Å². The van der Waals surface area contributed by atoms with Crippen LogP contribution >= 0.6 is 0 Å². The molecule has 0 radical (unpaired) electrons. The second-order valence-electron chi connectivity index (χ2n) is 6.03. The molecule has 0 spiro atoms. The third kappa shape index (κ3) is 2.41. The fourth-order valence-electron chi connectivity index (χ4n) is 3.36. The number of ether oxygens (including phenoxy) is 1. The molecule has 1 amide bonds. The summed E-state index contributed by atoms with van der Waals surface area (Å²) in [5.74, 6) is 0.125. The quantitative estimate of drug-likeness (QED) is 0.855. The van der Waals surface area contributed by atoms with Gasteiger partial charge in [-0.1, -0.05) is 6.07 Å². The van der Waals surface area contributed by atoms with Crippen molar-refractivity contribution in [2.75, 3.05) is 13.1 Å². The van der Waals surface area contributed by atoms with Gasteiger partial charge in [0.05, 0.1) is 25.6 Å². The van der Waals surface area contributed by atoms with Crippen LogP contribution in [0.3, 0.4) is 0 Å². The smallest absolute Gasteiger partial charge is 0.253 e. The number of amides is 1. The minimum atomic E-state index is 0.125. The first kappa shape index (κ1) is 13.5. The van der Waals surface area contributed by atoms with E-state index in [-0.39, 0.29) is 5.91 Å². The van der Waals surface area contributed by atoms with E-state index < -0.39 is 0 Å². The zero-order chi connectivity index (χ0) is 14.9. The summed E-state index contributed by atoms with van der Waals surface area (Å²) in [6, 6.07) is 6.27. The molecule has 3 heterocycles. The number of nitrogens with zero attached hydrogens (tertiary/aromatic N) is 3. The number of carbonyl (C=O) groups is 1. The summed E-state index contributed by atoms with van der Waals surface area (Å²) < 4.78 is 7.53. The van der Waals surface area contributed by atoms with Crippen LogP contribution in [0.4, 0.5) is 0 Å². The van der Waals surface area contributed by atoms with Crippen molar-refractivity contribution in [1.82, 2.24) is 14.5 Å². The van der Waals surface area contributed by atoms with Gasteiger partial charge in [0.15, 0.2) is 0 Å². The summed E-state index contributed by atoms with van der Waals surface area (Å²) in [4.78, 5) is 18.8. The number of rotatable bonds is 2. The van der Waals surface area contributed by atoms with Crippen molar-refractivity contribution < 1.29 is 9.53 Å². The molecule has 1 fully saturated rings. The Morgan fingerprint density at radius 2 is 2.18 bits per heavy atom. The zero-order valence-electron chi connectivity index (χ0n) is 12.4. The van der Waals surface area contributed by atoms with Crippen LogP contribution in [-0.2, 0) is 18.0 Å². The lowest BCUT2D eigenvalue weighted by molar-refractivity contribution is 0.0679. The maximum Gasteiger partial charge on any atom is 0.253 e. The minimum absolute atomic E-state index is 0.125. The normalized spacial score (nSPS) is 20.9. The molecule has 2 aliphatic rings. The number of carbonyl (C=O) groups excluding carboxylic acids is 1. The van der Waals surface area contributed by atoms with Gasteiger partial charge in [0, 0.05) is 31.0 Å². The Morgan fingerprint density at radius 1 is 1.27 bits per heavy atom. The lowest BCUT2D eigenvalue weighted by atomic mass is 10.0. The van der Waals surface area contributed by atoms with E-state index in [4.69, 9.17) is 4.74 Å². The minimum Gasteiger partial charge on any atom is -0.372 e. The molecule has 5 heteroatoms. The molecule has 4 rings (SSSR count). The van der Waals surface area contributed by atoms with Gasteiger partial charge < -0.3 is 14.2 Å². The molecule has 114 valence electrons. The third-order valence-corrected chi connectivity index (χ3v) is 4.60. The van der Waals surface area contributed by atoms with E-state index in [9.17, 15) is 4.79 Å². The molecule has 5 nitrogen and oxygen atoms in total. The number of piperidine rings is 1. The van der Waals surface area contributed by atoms with Crippen molar-refractivity contribution in [1.29, 1.82) is 0 Å². The van der Waals surface area contributed by atoms with Crippen LogP contribution in [-0.4, -0.2) is 33.4 Å². The van der Waals surface area contributed by atoms with E-state index in [1.165, 1.54) is 5.56 Å². The van der Waals surface area contributed by atoms with Gasteiger partial charge >= 0.3 is 0 Å². The molecule has 2 aliphatic heterocycles. The molecule has 1 atom stereocenters. The van der Waals surface area contributed by atoms with E-state index in [2.05, 4.69) is 9.55 Å². The highest BCUT2D eigenvalue weighted by molar-refractivity contribution is 5.94. The van der Waals surface area contributed by atoms with Gasteiger partial charge in [0.25, 0.3) is 5.91 Å². The summed E-state index contributed by atoms with van der Waals surface area (Å²) in [5, 5.41) is 0. The molecule has 2 aromatic rings. The second kappa shape index (κ2) is 5.57. The van der Waals surface area contributed by atoms with Crippen molar-refractivity contribution in [2.45, 2.75) is 32.1 Å². The molecular formula is C17H19N3O2. The fraction of sp³-hybridized carbons (Fsp3) is 0.412. The van der Waals surface area contributed by atoms with Crippen LogP contribution in [0.25, 0.3) is 0 Å². The Bertz CT molecular complexity index is 681. The fourth-order valence-corrected chi connectivity index (χ4v) is 3.36. The maximum absolute atomic E-state index is 12.8. The topological polar surface area (TPSA) is 47.4 Å². The summed E-state index contributed by atoms with van der Waals surface area (Å²) in [5.41, 5.74) is 3.12. The number of benzene rings is 1. The predicted molar refractivity (Wildman–Crippen MR) is 81.3 cm³/mol. The zero-order valence-corrected chi connectivity index (χ0v) is 12.4. The first-order chi connectivity index (χ1) is 10.8. The standard InChI is InChI=1S/C17H19N3O2/c21-17(13-3-4-14-10-22-11-15(14)8-13)19-6-1-2-16(9-19)20-7-5-18-12-20/h3-5,7-8,12,16H,1-2,6,9-11H2/t16-/m1/s1. The summed E-state index contributed by atoms with van der Waals surface area (Å²) >= 11 is 0. The van der Waals surface area contributed by atoms with Crippen molar-refractivity contribution >= 4 is 5.91 Å². The highest BCUT2D eigenvalue weighted by Gasteiger charge is 2.26. The molecule has 0 N–H and O–H groups in total. The van der Waals surface area contributed by atoms with E-state index in [0.29, 0.717) is 19.3 Å². The number of aromatic nitrogens is 2. The average Bonchev–Trinajstić information content (AvgIpc) is 3.25. The Labute approximate surface area is 129 Å². The second-order valence-corrected chi connectivity index (χ2v) is 6.03. The van der Waals surface area contributed by atoms with Gasteiger partial charge in [-0.25, -0.2) is 4.98 Å². The molecule has 0 aliphatic carbocycles. The number of hydrogen-bond donors (Lipinski definition) is 0. The van der Waals surface area contributed by atoms with Gasteiger partial charge in [-0.05, 0) is 36.1 Å². The number of fused-ring (bicyclic) bond motifs is 1. The van der Waals surface area contributed by atoms with Crippen LogP contribution in [0, 0.1) is 0 Å². The van der Waals surface area contributed by atoms with Crippen molar-refractivity contribution in [3.05, 3.63) is 53.6 Å². The maximum atomic E-state index is 12.8. The van der Waals surface area contributed by atoms with Crippen molar-refractivity contribution in [3.63, 3.8) is 0 Å². The SMILES string of the molecule is O=C(c1ccc2c(c1)COC2)N1CCC[C@@H](n2ccnc2)C1. The lowest BCUT2D eigenvalue weighted by Gasteiger charge is -2.33.